The Balaban J connectivity index is 1.52. The quantitative estimate of drug-likeness (QED) is 0.480. The molecule has 164 valence electrons. The van der Waals surface area contributed by atoms with Gasteiger partial charge in [0.25, 0.3) is 0 Å². The molecule has 3 aromatic rings. The lowest BCUT2D eigenvalue weighted by Crippen LogP contribution is -2.14. The van der Waals surface area contributed by atoms with Gasteiger partial charge in [0.15, 0.2) is 15.0 Å². The van der Waals surface area contributed by atoms with Crippen LogP contribution in [0, 0.1) is 0 Å². The van der Waals surface area contributed by atoms with Crippen LogP contribution in [0.3, 0.4) is 0 Å². The number of hydrogen-bond donors (Lipinski definition) is 1. The van der Waals surface area contributed by atoms with Crippen LogP contribution in [0.5, 0.6) is 5.75 Å². The third kappa shape index (κ3) is 6.15. The fraction of sp³-hybridized carbons (Fsp3) is 0.304. The van der Waals surface area contributed by atoms with Crippen molar-refractivity contribution in [2.75, 3.05) is 18.2 Å². The van der Waals surface area contributed by atoms with Crippen LogP contribution >= 0.6 is 11.3 Å². The summed E-state index contributed by atoms with van der Waals surface area (Å²) in [6.07, 6.45) is 0.336. The van der Waals surface area contributed by atoms with Crippen LogP contribution in [0.4, 0.5) is 5.13 Å². The zero-order valence-corrected chi connectivity index (χ0v) is 19.4. The lowest BCUT2D eigenvalue weighted by atomic mass is 10.0. The summed E-state index contributed by atoms with van der Waals surface area (Å²) >= 11 is 1.35. The van der Waals surface area contributed by atoms with Crippen LogP contribution in [0.2, 0.25) is 0 Å². The largest absolute Gasteiger partial charge is 0.497 e. The lowest BCUT2D eigenvalue weighted by molar-refractivity contribution is -0.116. The molecule has 1 aromatic heterocycles. The zero-order valence-electron chi connectivity index (χ0n) is 17.8. The van der Waals surface area contributed by atoms with E-state index in [9.17, 15) is 13.2 Å². The molecule has 0 spiro atoms. The van der Waals surface area contributed by atoms with Gasteiger partial charge in [-0.25, -0.2) is 13.4 Å². The van der Waals surface area contributed by atoms with E-state index in [0.29, 0.717) is 16.8 Å². The monoisotopic (exact) mass is 458 g/mol. The molecule has 0 atom stereocenters. The topological polar surface area (TPSA) is 85.4 Å². The van der Waals surface area contributed by atoms with Gasteiger partial charge in [-0.2, -0.15) is 0 Å². The van der Waals surface area contributed by atoms with Crippen molar-refractivity contribution in [1.29, 1.82) is 0 Å². The SMILES string of the molecule is COc1ccc(S(=O)(=O)CCCC(=O)Nc2nc(-c3ccc(C(C)C)cc3)cs2)cc1. The summed E-state index contributed by atoms with van der Waals surface area (Å²) in [5.41, 5.74) is 3.06. The fourth-order valence-corrected chi connectivity index (χ4v) is 5.05. The number of carbonyl (C=O) groups is 1. The smallest absolute Gasteiger partial charge is 0.226 e. The molecule has 0 unspecified atom stereocenters. The molecule has 0 aliphatic heterocycles. The number of carbonyl (C=O) groups excluding carboxylic acids is 1. The Morgan fingerprint density at radius 3 is 2.39 bits per heavy atom. The number of rotatable bonds is 9. The Morgan fingerprint density at radius 1 is 1.10 bits per heavy atom. The van der Waals surface area contributed by atoms with Crippen molar-refractivity contribution in [2.24, 2.45) is 0 Å². The molecular weight excluding hydrogens is 432 g/mol. The summed E-state index contributed by atoms with van der Waals surface area (Å²) in [6, 6.07) is 14.5. The van der Waals surface area contributed by atoms with Gasteiger partial charge >= 0.3 is 0 Å². The number of hydrogen-bond acceptors (Lipinski definition) is 6. The molecule has 31 heavy (non-hydrogen) atoms. The molecule has 1 N–H and O–H groups in total. The molecule has 2 aromatic carbocycles. The predicted octanol–water partition coefficient (Wildman–Crippen LogP) is 5.13. The molecule has 0 fully saturated rings. The maximum absolute atomic E-state index is 12.4. The van der Waals surface area contributed by atoms with E-state index in [1.54, 1.807) is 12.1 Å². The van der Waals surface area contributed by atoms with Crippen molar-refractivity contribution in [2.45, 2.75) is 37.5 Å². The molecule has 8 heteroatoms. The number of benzene rings is 2. The average molecular weight is 459 g/mol. The Morgan fingerprint density at radius 2 is 1.77 bits per heavy atom. The third-order valence-corrected chi connectivity index (χ3v) is 7.43. The van der Waals surface area contributed by atoms with E-state index in [2.05, 4.69) is 36.3 Å². The van der Waals surface area contributed by atoms with E-state index in [1.165, 1.54) is 36.1 Å². The van der Waals surface area contributed by atoms with Crippen molar-refractivity contribution >= 4 is 32.2 Å². The van der Waals surface area contributed by atoms with Gasteiger partial charge in [0.2, 0.25) is 5.91 Å². The van der Waals surface area contributed by atoms with E-state index in [1.807, 2.05) is 17.5 Å². The molecule has 1 heterocycles. The Bertz CT molecular complexity index is 1120. The van der Waals surface area contributed by atoms with Crippen LogP contribution in [-0.4, -0.2) is 32.2 Å². The second kappa shape index (κ2) is 10.1. The van der Waals surface area contributed by atoms with E-state index >= 15 is 0 Å². The van der Waals surface area contributed by atoms with Gasteiger partial charge in [-0.15, -0.1) is 11.3 Å². The number of nitrogens with one attached hydrogen (secondary N) is 1. The summed E-state index contributed by atoms with van der Waals surface area (Å²) < 4.78 is 29.9. The molecule has 1 amide bonds. The Hall–Kier alpha value is -2.71. The Kier molecular flexibility index (Phi) is 7.46. The van der Waals surface area contributed by atoms with Crippen LogP contribution in [0.15, 0.2) is 58.8 Å². The number of anilines is 1. The number of aromatic nitrogens is 1. The van der Waals surface area contributed by atoms with Crippen molar-refractivity contribution in [3.63, 3.8) is 0 Å². The van der Waals surface area contributed by atoms with Crippen LogP contribution in [-0.2, 0) is 14.6 Å². The lowest BCUT2D eigenvalue weighted by Gasteiger charge is -2.06. The highest BCUT2D eigenvalue weighted by molar-refractivity contribution is 7.91. The van der Waals surface area contributed by atoms with Crippen LogP contribution in [0.1, 0.15) is 38.2 Å². The Labute approximate surface area is 187 Å². The first-order chi connectivity index (χ1) is 14.8. The normalized spacial score (nSPS) is 11.5. The number of methoxy groups -OCH3 is 1. The number of thiazole rings is 1. The zero-order chi connectivity index (χ0) is 22.4. The van der Waals surface area contributed by atoms with Gasteiger partial charge in [-0.1, -0.05) is 38.1 Å². The van der Waals surface area contributed by atoms with Crippen molar-refractivity contribution in [3.8, 4) is 17.0 Å². The van der Waals surface area contributed by atoms with Gasteiger partial charge in [-0.05, 0) is 42.2 Å². The molecule has 0 radical (unpaired) electrons. The molecular formula is C23H26N2O4S2. The average Bonchev–Trinajstić information content (AvgIpc) is 3.22. The van der Waals surface area contributed by atoms with Crippen molar-refractivity contribution in [3.05, 3.63) is 59.5 Å². The third-order valence-electron chi connectivity index (χ3n) is 4.86. The van der Waals surface area contributed by atoms with Gasteiger partial charge in [-0.3, -0.25) is 4.79 Å². The number of amides is 1. The van der Waals surface area contributed by atoms with Crippen molar-refractivity contribution in [1.82, 2.24) is 4.98 Å². The van der Waals surface area contributed by atoms with E-state index in [4.69, 9.17) is 4.74 Å². The maximum atomic E-state index is 12.4. The van der Waals surface area contributed by atoms with Gasteiger partial charge in [0.1, 0.15) is 5.75 Å². The van der Waals surface area contributed by atoms with Gasteiger partial charge < -0.3 is 10.1 Å². The van der Waals surface area contributed by atoms with Crippen LogP contribution in [0.25, 0.3) is 11.3 Å². The number of sulfone groups is 1. The number of nitrogens with zero attached hydrogens (tertiary/aromatic N) is 1. The molecule has 6 nitrogen and oxygen atoms in total. The number of ether oxygens (including phenoxy) is 1. The molecule has 3 rings (SSSR count). The molecule has 0 aliphatic rings. The molecule has 0 aliphatic carbocycles. The maximum Gasteiger partial charge on any atom is 0.226 e. The van der Waals surface area contributed by atoms with E-state index < -0.39 is 9.84 Å². The highest BCUT2D eigenvalue weighted by Gasteiger charge is 2.16. The first-order valence-electron chi connectivity index (χ1n) is 10.0. The van der Waals surface area contributed by atoms with Crippen molar-refractivity contribution < 1.29 is 17.9 Å². The minimum absolute atomic E-state index is 0.0991. The first-order valence-corrected chi connectivity index (χ1v) is 12.5. The van der Waals surface area contributed by atoms with Crippen LogP contribution < -0.4 is 10.1 Å². The second-order valence-corrected chi connectivity index (χ2v) is 10.4. The minimum Gasteiger partial charge on any atom is -0.497 e. The summed E-state index contributed by atoms with van der Waals surface area (Å²) in [5, 5.41) is 5.16. The molecule has 0 bridgehead atoms. The highest BCUT2D eigenvalue weighted by atomic mass is 32.2. The summed E-state index contributed by atoms with van der Waals surface area (Å²) in [4.78, 5) is 16.9. The minimum atomic E-state index is -3.44. The van der Waals surface area contributed by atoms with E-state index in [-0.39, 0.29) is 29.4 Å². The highest BCUT2D eigenvalue weighted by Crippen LogP contribution is 2.26. The standard InChI is InChI=1S/C23H26N2O4S2/c1-16(2)17-6-8-18(9-7-17)21-15-30-23(24-21)25-22(26)5-4-14-31(27,28)20-12-10-19(29-3)11-13-20/h6-13,15-16H,4-5,14H2,1-3H3,(H,24,25,26). The first kappa shape index (κ1) is 23.0. The fourth-order valence-electron chi connectivity index (χ4n) is 3.01. The van der Waals surface area contributed by atoms with E-state index in [0.717, 1.165) is 11.3 Å². The van der Waals surface area contributed by atoms with Gasteiger partial charge in [0.05, 0.1) is 23.5 Å². The molecule has 0 saturated heterocycles. The molecule has 0 saturated carbocycles. The summed E-state index contributed by atoms with van der Waals surface area (Å²) in [5.74, 6) is 0.712. The second-order valence-electron chi connectivity index (χ2n) is 7.46. The summed E-state index contributed by atoms with van der Waals surface area (Å²) in [7, 11) is -1.92. The predicted molar refractivity (Wildman–Crippen MR) is 125 cm³/mol. The summed E-state index contributed by atoms with van der Waals surface area (Å²) in [6.45, 7) is 4.29. The van der Waals surface area contributed by atoms with Gasteiger partial charge in [0, 0.05) is 17.4 Å².